The number of terminal acetylenes is 1. The minimum atomic E-state index is -0.913. The van der Waals surface area contributed by atoms with Gasteiger partial charge in [-0.2, -0.15) is 9.97 Å². The predicted octanol–water partition coefficient (Wildman–Crippen LogP) is 5.13. The van der Waals surface area contributed by atoms with Crippen LogP contribution in [0.2, 0.25) is 0 Å². The first-order valence-electron chi connectivity index (χ1n) is 15.1. The van der Waals surface area contributed by atoms with Gasteiger partial charge in [-0.05, 0) is 55.8 Å². The average molecular weight is 637 g/mol. The number of hydrogen-bond acceptors (Lipinski definition) is 8. The van der Waals surface area contributed by atoms with E-state index >= 15 is 4.39 Å². The normalized spacial score (nSPS) is 25.8. The summed E-state index contributed by atoms with van der Waals surface area (Å²) in [5, 5.41) is 15.2. The summed E-state index contributed by atoms with van der Waals surface area (Å²) in [5.41, 5.74) is -0.468. The number of phenolic OH excluding ortho intramolecular Hbond substituents is 1. The molecule has 4 fully saturated rings. The number of halogens is 4. The van der Waals surface area contributed by atoms with Crippen molar-refractivity contribution in [2.75, 3.05) is 37.7 Å². The zero-order chi connectivity index (χ0) is 30.2. The van der Waals surface area contributed by atoms with Crippen LogP contribution in [-0.4, -0.2) is 81.5 Å². The van der Waals surface area contributed by atoms with E-state index in [9.17, 15) is 13.9 Å². The van der Waals surface area contributed by atoms with Gasteiger partial charge >= 0.3 is 6.01 Å². The minimum absolute atomic E-state index is 0. The molecule has 0 aliphatic carbocycles. The minimum Gasteiger partial charge on any atom is -0.508 e. The van der Waals surface area contributed by atoms with Crippen LogP contribution in [0.4, 0.5) is 19.0 Å². The molecule has 0 saturated carbocycles. The lowest BCUT2D eigenvalue weighted by molar-refractivity contribution is 0.107. The van der Waals surface area contributed by atoms with E-state index in [2.05, 4.69) is 31.0 Å². The molecule has 12 heteroatoms. The molecule has 4 aliphatic rings. The topological polar surface area (TPSA) is 86.6 Å². The Hall–Kier alpha value is -3.85. The molecule has 2 N–H and O–H groups in total. The van der Waals surface area contributed by atoms with E-state index in [1.807, 2.05) is 0 Å². The first-order chi connectivity index (χ1) is 21.3. The zero-order valence-electron chi connectivity index (χ0n) is 24.4. The maximum Gasteiger partial charge on any atom is 0.319 e. The van der Waals surface area contributed by atoms with Crippen molar-refractivity contribution in [1.29, 1.82) is 0 Å². The number of aromatic hydroxyl groups is 1. The summed E-state index contributed by atoms with van der Waals surface area (Å²) in [4.78, 5) is 18.1. The Morgan fingerprint density at radius 3 is 2.71 bits per heavy atom. The number of phenols is 1. The van der Waals surface area contributed by atoms with Crippen LogP contribution < -0.4 is 15.0 Å². The molecule has 234 valence electrons. The Bertz CT molecular complexity index is 1860. The van der Waals surface area contributed by atoms with Crippen molar-refractivity contribution >= 4 is 39.9 Å². The number of pyridine rings is 1. The van der Waals surface area contributed by atoms with E-state index < -0.39 is 23.3 Å². The van der Waals surface area contributed by atoms with Crippen molar-refractivity contribution in [3.8, 4) is 35.4 Å². The molecule has 2 aromatic heterocycles. The van der Waals surface area contributed by atoms with Gasteiger partial charge in [0.1, 0.15) is 41.4 Å². The van der Waals surface area contributed by atoms with Crippen molar-refractivity contribution < 1.29 is 23.0 Å². The van der Waals surface area contributed by atoms with Crippen LogP contribution in [0.1, 0.15) is 37.7 Å². The molecule has 4 aliphatic heterocycles. The third-order valence-corrected chi connectivity index (χ3v) is 9.84. The highest BCUT2D eigenvalue weighted by Crippen LogP contribution is 2.42. The van der Waals surface area contributed by atoms with Gasteiger partial charge in [-0.1, -0.05) is 12.0 Å². The Labute approximate surface area is 264 Å². The Balaban J connectivity index is 0.00000325. The molecule has 0 radical (unpaired) electrons. The van der Waals surface area contributed by atoms with E-state index in [0.29, 0.717) is 54.7 Å². The molecule has 2 unspecified atom stereocenters. The smallest absolute Gasteiger partial charge is 0.319 e. The van der Waals surface area contributed by atoms with Crippen LogP contribution in [0.5, 0.6) is 11.8 Å². The lowest BCUT2D eigenvalue weighted by atomic mass is 9.95. The van der Waals surface area contributed by atoms with Crippen LogP contribution in [-0.2, 0) is 0 Å². The number of rotatable bonds is 5. The molecular weight excluding hydrogens is 605 g/mol. The summed E-state index contributed by atoms with van der Waals surface area (Å²) in [5.74, 6) is 1.35. The first kappa shape index (κ1) is 29.8. The van der Waals surface area contributed by atoms with Gasteiger partial charge in [-0.15, -0.1) is 18.8 Å². The molecular formula is C33H32ClF3N6O2. The van der Waals surface area contributed by atoms with Crippen LogP contribution in [0.25, 0.3) is 32.9 Å². The molecule has 2 aromatic carbocycles. The number of nitrogens with one attached hydrogen (secondary N) is 1. The molecule has 8 rings (SSSR count). The summed E-state index contributed by atoms with van der Waals surface area (Å²) >= 11 is 0. The monoisotopic (exact) mass is 636 g/mol. The fourth-order valence-corrected chi connectivity index (χ4v) is 7.89. The van der Waals surface area contributed by atoms with Crippen molar-refractivity contribution in [2.24, 2.45) is 0 Å². The van der Waals surface area contributed by atoms with Crippen LogP contribution in [0.15, 0.2) is 30.5 Å². The maximum absolute atomic E-state index is 16.7. The number of benzene rings is 2. The van der Waals surface area contributed by atoms with Gasteiger partial charge in [0, 0.05) is 55.3 Å². The summed E-state index contributed by atoms with van der Waals surface area (Å²) in [6, 6.07) is 6.07. The third kappa shape index (κ3) is 4.90. The first-order valence-corrected chi connectivity index (χ1v) is 15.1. The van der Waals surface area contributed by atoms with E-state index in [0.717, 1.165) is 32.2 Å². The molecule has 4 saturated heterocycles. The van der Waals surface area contributed by atoms with E-state index in [1.165, 1.54) is 30.5 Å². The van der Waals surface area contributed by atoms with Crippen molar-refractivity contribution in [3.05, 3.63) is 47.7 Å². The van der Waals surface area contributed by atoms with Gasteiger partial charge in [-0.3, -0.25) is 9.88 Å². The fraction of sp³-hybridized carbons (Fsp3) is 0.424. The number of nitrogens with zero attached hydrogens (tertiary/aromatic N) is 5. The Morgan fingerprint density at radius 2 is 1.93 bits per heavy atom. The predicted molar refractivity (Wildman–Crippen MR) is 168 cm³/mol. The lowest BCUT2D eigenvalue weighted by Crippen LogP contribution is -2.51. The highest BCUT2D eigenvalue weighted by Gasteiger charge is 2.49. The van der Waals surface area contributed by atoms with Gasteiger partial charge in [-0.25, -0.2) is 13.2 Å². The van der Waals surface area contributed by atoms with E-state index in [1.54, 1.807) is 0 Å². The SMILES string of the molecule is C#Cc1c(F)ccc2cc(O)cc(-c3ncc4c(N5CC6CCC(C5)N6)nc(OC[C@@]56CCCN5C[C@H](F)C6)nc4c3F)c12.Cl. The van der Waals surface area contributed by atoms with E-state index in [4.69, 9.17) is 16.1 Å². The summed E-state index contributed by atoms with van der Waals surface area (Å²) in [7, 11) is 0. The van der Waals surface area contributed by atoms with Crippen molar-refractivity contribution in [3.63, 3.8) is 0 Å². The standard InChI is InChI=1S/C33H31F3N6O2.ClH/c1-2-23-26(35)7-4-18-10-22(43)11-24(27(18)23)29-28(36)30-25(13-37-29)31(41-15-20-5-6-21(16-41)38-20)40-32(39-30)44-17-33-8-3-9-42(33)14-19(34)12-33;/h1,4,7,10-11,13,19-21,38,43H,3,5-6,8-9,12,14-17H2;1H/t19-,20?,21?,33+;/m1./s1. The van der Waals surface area contributed by atoms with Gasteiger partial charge in [0.25, 0.3) is 0 Å². The number of piperazine rings is 1. The Morgan fingerprint density at radius 1 is 1.13 bits per heavy atom. The number of aromatic nitrogens is 3. The average Bonchev–Trinajstić information content (AvgIpc) is 3.66. The highest BCUT2D eigenvalue weighted by atomic mass is 35.5. The van der Waals surface area contributed by atoms with Gasteiger partial charge in [0.2, 0.25) is 0 Å². The molecule has 4 atom stereocenters. The van der Waals surface area contributed by atoms with Crippen LogP contribution in [0, 0.1) is 24.0 Å². The summed E-state index contributed by atoms with van der Waals surface area (Å²) < 4.78 is 52.2. The van der Waals surface area contributed by atoms with Gasteiger partial charge in [0.05, 0.1) is 16.5 Å². The molecule has 8 nitrogen and oxygen atoms in total. The van der Waals surface area contributed by atoms with Crippen molar-refractivity contribution in [1.82, 2.24) is 25.2 Å². The lowest BCUT2D eigenvalue weighted by Gasteiger charge is -2.34. The fourth-order valence-electron chi connectivity index (χ4n) is 7.89. The molecule has 2 bridgehead atoms. The van der Waals surface area contributed by atoms with Crippen LogP contribution in [0.3, 0.4) is 0 Å². The molecule has 45 heavy (non-hydrogen) atoms. The van der Waals surface area contributed by atoms with Gasteiger partial charge in [0.15, 0.2) is 5.82 Å². The maximum atomic E-state index is 16.7. The highest BCUT2D eigenvalue weighted by molar-refractivity contribution is 6.03. The van der Waals surface area contributed by atoms with Crippen molar-refractivity contribution in [2.45, 2.75) is 55.9 Å². The van der Waals surface area contributed by atoms with E-state index in [-0.39, 0.29) is 58.5 Å². The van der Waals surface area contributed by atoms with Gasteiger partial charge < -0.3 is 20.1 Å². The largest absolute Gasteiger partial charge is 0.508 e. The second kappa shape index (κ2) is 11.2. The number of ether oxygens (including phenoxy) is 1. The third-order valence-electron chi connectivity index (χ3n) is 9.84. The number of fused-ring (bicyclic) bond motifs is 5. The summed E-state index contributed by atoms with van der Waals surface area (Å²) in [6.07, 6.45) is 10.5. The van der Waals surface area contributed by atoms with Crippen LogP contribution >= 0.6 is 12.4 Å². The number of anilines is 1. The number of alkyl halides is 1. The number of hydrogen-bond donors (Lipinski definition) is 2. The second-order valence-corrected chi connectivity index (χ2v) is 12.6. The molecule has 0 spiro atoms. The quantitative estimate of drug-likeness (QED) is 0.292. The molecule has 6 heterocycles. The molecule has 0 amide bonds. The summed E-state index contributed by atoms with van der Waals surface area (Å²) in [6.45, 7) is 2.79. The molecule has 4 aromatic rings. The zero-order valence-corrected chi connectivity index (χ0v) is 25.2. The second-order valence-electron chi connectivity index (χ2n) is 12.6. The Kier molecular flexibility index (Phi) is 7.42.